The van der Waals surface area contributed by atoms with E-state index in [-0.39, 0.29) is 6.04 Å². The number of rotatable bonds is 6. The van der Waals surface area contributed by atoms with Crippen LogP contribution in [0.1, 0.15) is 24.8 Å². The van der Waals surface area contributed by atoms with Gasteiger partial charge in [0.15, 0.2) is 0 Å². The molecular weight excluding hydrogens is 280 g/mol. The zero-order valence-corrected chi connectivity index (χ0v) is 13.5. The number of carbonyl (C=O) groups is 1. The third kappa shape index (κ3) is 4.63. The molecular formula is C17H26N2O3. The summed E-state index contributed by atoms with van der Waals surface area (Å²) in [6.45, 7) is 3.06. The molecule has 1 aromatic carbocycles. The highest BCUT2D eigenvalue weighted by Gasteiger charge is 2.24. The minimum atomic E-state index is -0.821. The van der Waals surface area contributed by atoms with E-state index in [1.165, 1.54) is 10.5 Å². The number of benzene rings is 1. The van der Waals surface area contributed by atoms with Crippen molar-refractivity contribution in [3.63, 3.8) is 0 Å². The van der Waals surface area contributed by atoms with Crippen molar-refractivity contribution in [1.29, 1.82) is 0 Å². The molecule has 5 heteroatoms. The van der Waals surface area contributed by atoms with Crippen molar-refractivity contribution in [2.45, 2.75) is 31.7 Å². The van der Waals surface area contributed by atoms with Crippen LogP contribution in [-0.4, -0.2) is 60.8 Å². The van der Waals surface area contributed by atoms with E-state index in [1.54, 1.807) is 14.2 Å². The third-order valence-electron chi connectivity index (χ3n) is 4.51. The fourth-order valence-corrected chi connectivity index (χ4v) is 2.99. The SMILES string of the molecule is COc1ccc(CCCN2CCC(N(C)C(=O)O)CC2)cc1. The second-order valence-electron chi connectivity index (χ2n) is 5.92. The Morgan fingerprint density at radius 2 is 1.95 bits per heavy atom. The Morgan fingerprint density at radius 1 is 1.32 bits per heavy atom. The predicted octanol–water partition coefficient (Wildman–Crippen LogP) is 2.70. The number of piperidine rings is 1. The molecule has 0 unspecified atom stereocenters. The quantitative estimate of drug-likeness (QED) is 0.878. The standard InChI is InChI=1S/C17H26N2O3/c1-18(17(20)21)15-9-12-19(13-10-15)11-3-4-14-5-7-16(22-2)8-6-14/h5-8,15H,3-4,9-13H2,1-2H3,(H,20,21). The number of methoxy groups -OCH3 is 1. The number of aryl methyl sites for hydroxylation is 1. The molecule has 22 heavy (non-hydrogen) atoms. The number of likely N-dealkylation sites (tertiary alicyclic amines) is 1. The lowest BCUT2D eigenvalue weighted by Gasteiger charge is -2.35. The molecule has 122 valence electrons. The Labute approximate surface area is 132 Å². The van der Waals surface area contributed by atoms with Gasteiger partial charge >= 0.3 is 6.09 Å². The maximum absolute atomic E-state index is 11.0. The molecule has 0 atom stereocenters. The van der Waals surface area contributed by atoms with Crippen molar-refractivity contribution >= 4 is 6.09 Å². The van der Waals surface area contributed by atoms with E-state index in [9.17, 15) is 4.79 Å². The minimum absolute atomic E-state index is 0.176. The number of carboxylic acid groups (broad SMARTS) is 1. The van der Waals surface area contributed by atoms with Crippen LogP contribution in [0.2, 0.25) is 0 Å². The summed E-state index contributed by atoms with van der Waals surface area (Å²) >= 11 is 0. The summed E-state index contributed by atoms with van der Waals surface area (Å²) in [4.78, 5) is 14.9. The summed E-state index contributed by atoms with van der Waals surface area (Å²) in [7, 11) is 3.35. The average Bonchev–Trinajstić information content (AvgIpc) is 2.55. The highest BCUT2D eigenvalue weighted by atomic mass is 16.5. The molecule has 0 saturated carbocycles. The third-order valence-corrected chi connectivity index (χ3v) is 4.51. The largest absolute Gasteiger partial charge is 0.497 e. The molecule has 1 aliphatic heterocycles. The van der Waals surface area contributed by atoms with Crippen LogP contribution >= 0.6 is 0 Å². The monoisotopic (exact) mass is 306 g/mol. The summed E-state index contributed by atoms with van der Waals surface area (Å²) in [5, 5.41) is 9.01. The molecule has 0 spiro atoms. The molecule has 1 aromatic rings. The van der Waals surface area contributed by atoms with Gasteiger partial charge in [-0.15, -0.1) is 0 Å². The van der Waals surface area contributed by atoms with Crippen LogP contribution in [0, 0.1) is 0 Å². The van der Waals surface area contributed by atoms with E-state index >= 15 is 0 Å². The van der Waals surface area contributed by atoms with Gasteiger partial charge in [0.1, 0.15) is 5.75 Å². The molecule has 1 fully saturated rings. The second kappa shape index (κ2) is 8.03. The van der Waals surface area contributed by atoms with Crippen molar-refractivity contribution < 1.29 is 14.6 Å². The van der Waals surface area contributed by atoms with E-state index < -0.39 is 6.09 Å². The molecule has 5 nitrogen and oxygen atoms in total. The van der Waals surface area contributed by atoms with Crippen LogP contribution in [0.3, 0.4) is 0 Å². The van der Waals surface area contributed by atoms with E-state index in [4.69, 9.17) is 9.84 Å². The van der Waals surface area contributed by atoms with Crippen LogP contribution in [0.4, 0.5) is 4.79 Å². The summed E-state index contributed by atoms with van der Waals surface area (Å²) in [6.07, 6.45) is 3.25. The summed E-state index contributed by atoms with van der Waals surface area (Å²) in [5.41, 5.74) is 1.33. The van der Waals surface area contributed by atoms with Gasteiger partial charge in [0.2, 0.25) is 0 Å². The Kier molecular flexibility index (Phi) is 6.07. The summed E-state index contributed by atoms with van der Waals surface area (Å²) in [5.74, 6) is 0.897. The number of hydrogen-bond donors (Lipinski definition) is 1. The lowest BCUT2D eigenvalue weighted by Crippen LogP contribution is -2.45. The zero-order chi connectivity index (χ0) is 15.9. The van der Waals surface area contributed by atoms with E-state index in [1.807, 2.05) is 12.1 Å². The van der Waals surface area contributed by atoms with Gasteiger partial charge in [-0.05, 0) is 49.9 Å². The molecule has 0 aromatic heterocycles. The van der Waals surface area contributed by atoms with Gasteiger partial charge in [-0.3, -0.25) is 0 Å². The lowest BCUT2D eigenvalue weighted by atomic mass is 10.0. The minimum Gasteiger partial charge on any atom is -0.497 e. The Bertz CT molecular complexity index is 467. The van der Waals surface area contributed by atoms with Crippen LogP contribution in [0.5, 0.6) is 5.75 Å². The molecule has 1 aliphatic rings. The summed E-state index contributed by atoms with van der Waals surface area (Å²) in [6, 6.07) is 8.42. The van der Waals surface area contributed by atoms with Crippen molar-refractivity contribution in [3.8, 4) is 5.75 Å². The van der Waals surface area contributed by atoms with Gasteiger partial charge in [0.05, 0.1) is 7.11 Å². The normalized spacial score (nSPS) is 16.5. The van der Waals surface area contributed by atoms with Crippen LogP contribution in [-0.2, 0) is 6.42 Å². The maximum atomic E-state index is 11.0. The Morgan fingerprint density at radius 3 is 2.50 bits per heavy atom. The average molecular weight is 306 g/mol. The highest BCUT2D eigenvalue weighted by molar-refractivity contribution is 5.64. The van der Waals surface area contributed by atoms with Gasteiger partial charge in [0.25, 0.3) is 0 Å². The Balaban J connectivity index is 1.67. The molecule has 2 rings (SSSR count). The fourth-order valence-electron chi connectivity index (χ4n) is 2.99. The maximum Gasteiger partial charge on any atom is 0.407 e. The van der Waals surface area contributed by atoms with Crippen LogP contribution in [0.25, 0.3) is 0 Å². The molecule has 0 radical (unpaired) electrons. The van der Waals surface area contributed by atoms with Crippen LogP contribution in [0.15, 0.2) is 24.3 Å². The van der Waals surface area contributed by atoms with Crippen molar-refractivity contribution in [3.05, 3.63) is 29.8 Å². The van der Waals surface area contributed by atoms with E-state index in [0.29, 0.717) is 0 Å². The molecule has 1 N–H and O–H groups in total. The molecule has 1 heterocycles. The number of amides is 1. The Hall–Kier alpha value is -1.75. The van der Waals surface area contributed by atoms with E-state index in [2.05, 4.69) is 17.0 Å². The first-order chi connectivity index (χ1) is 10.6. The lowest BCUT2D eigenvalue weighted by molar-refractivity contribution is 0.105. The molecule has 1 amide bonds. The van der Waals surface area contributed by atoms with E-state index in [0.717, 1.165) is 51.1 Å². The topological polar surface area (TPSA) is 53.0 Å². The number of nitrogens with zero attached hydrogens (tertiary/aromatic N) is 2. The first kappa shape index (κ1) is 16.6. The van der Waals surface area contributed by atoms with Gasteiger partial charge in [-0.25, -0.2) is 4.79 Å². The van der Waals surface area contributed by atoms with Crippen molar-refractivity contribution in [2.75, 3.05) is 33.8 Å². The van der Waals surface area contributed by atoms with Crippen molar-refractivity contribution in [1.82, 2.24) is 9.80 Å². The van der Waals surface area contributed by atoms with Gasteiger partial charge < -0.3 is 19.6 Å². The second-order valence-corrected chi connectivity index (χ2v) is 5.92. The summed E-state index contributed by atoms with van der Waals surface area (Å²) < 4.78 is 5.16. The number of hydrogen-bond acceptors (Lipinski definition) is 3. The first-order valence-corrected chi connectivity index (χ1v) is 7.91. The predicted molar refractivity (Wildman–Crippen MR) is 86.6 cm³/mol. The van der Waals surface area contributed by atoms with Crippen LogP contribution < -0.4 is 4.74 Å². The first-order valence-electron chi connectivity index (χ1n) is 7.91. The highest BCUT2D eigenvalue weighted by Crippen LogP contribution is 2.17. The molecule has 0 aliphatic carbocycles. The molecule has 0 bridgehead atoms. The molecule has 1 saturated heterocycles. The van der Waals surface area contributed by atoms with Gasteiger partial charge in [-0.2, -0.15) is 0 Å². The number of ether oxygens (including phenoxy) is 1. The van der Waals surface area contributed by atoms with Gasteiger partial charge in [0, 0.05) is 26.2 Å². The van der Waals surface area contributed by atoms with Crippen molar-refractivity contribution in [2.24, 2.45) is 0 Å². The fraction of sp³-hybridized carbons (Fsp3) is 0.588. The zero-order valence-electron chi connectivity index (χ0n) is 13.5. The smallest absolute Gasteiger partial charge is 0.407 e. The van der Waals surface area contributed by atoms with Gasteiger partial charge in [-0.1, -0.05) is 12.1 Å².